The highest BCUT2D eigenvalue weighted by molar-refractivity contribution is 6.31. The van der Waals surface area contributed by atoms with Gasteiger partial charge in [0.1, 0.15) is 0 Å². The Balaban J connectivity index is 2.13. The molecule has 1 fully saturated rings. The molecule has 16 heavy (non-hydrogen) atoms. The number of hydrogen-bond donors (Lipinski definition) is 0. The van der Waals surface area contributed by atoms with E-state index in [0.717, 1.165) is 6.42 Å². The number of alkyl halides is 2. The Kier molecular flexibility index (Phi) is 3.53. The number of rotatable bonds is 2. The van der Waals surface area contributed by atoms with Crippen LogP contribution >= 0.6 is 11.6 Å². The zero-order chi connectivity index (χ0) is 11.5. The van der Waals surface area contributed by atoms with E-state index in [1.807, 2.05) is 0 Å². The summed E-state index contributed by atoms with van der Waals surface area (Å²) >= 11 is 5.88. The second-order valence-corrected chi connectivity index (χ2v) is 4.21. The van der Waals surface area contributed by atoms with Crippen molar-refractivity contribution in [2.75, 3.05) is 18.0 Å². The topological polar surface area (TPSA) is 29.0 Å². The molecule has 2 heterocycles. The molecule has 3 nitrogen and oxygen atoms in total. The summed E-state index contributed by atoms with van der Waals surface area (Å²) in [6.07, 6.45) is 2.03. The molecule has 1 saturated heterocycles. The summed E-state index contributed by atoms with van der Waals surface area (Å²) in [5.41, 5.74) is 0. The van der Waals surface area contributed by atoms with Gasteiger partial charge >= 0.3 is 0 Å². The molecule has 0 aromatic carbocycles. The second kappa shape index (κ2) is 4.91. The summed E-state index contributed by atoms with van der Waals surface area (Å²) in [4.78, 5) is 9.77. The first kappa shape index (κ1) is 11.5. The number of piperidine rings is 1. The summed E-state index contributed by atoms with van der Waals surface area (Å²) in [5, 5.41) is 0.275. The van der Waals surface area contributed by atoms with Crippen LogP contribution in [0.4, 0.5) is 14.6 Å². The quantitative estimate of drug-likeness (QED) is 0.805. The Morgan fingerprint density at radius 3 is 2.81 bits per heavy atom. The molecule has 1 aromatic rings. The fraction of sp³-hybridized carbons (Fsp3) is 0.600. The van der Waals surface area contributed by atoms with Gasteiger partial charge in [-0.3, -0.25) is 0 Å². The summed E-state index contributed by atoms with van der Waals surface area (Å²) in [5.74, 6) is -0.0821. The van der Waals surface area contributed by atoms with Crippen LogP contribution in [0.2, 0.25) is 5.15 Å². The average molecular weight is 248 g/mol. The maximum Gasteiger partial charge on any atom is 0.243 e. The number of nitrogens with zero attached hydrogens (tertiary/aromatic N) is 3. The van der Waals surface area contributed by atoms with Crippen molar-refractivity contribution in [3.8, 4) is 0 Å². The highest BCUT2D eigenvalue weighted by atomic mass is 35.5. The number of halogens is 3. The normalized spacial score (nSPS) is 21.5. The molecule has 6 heteroatoms. The maximum absolute atomic E-state index is 12.6. The molecule has 1 aliphatic heterocycles. The van der Waals surface area contributed by atoms with E-state index >= 15 is 0 Å². The fourth-order valence-corrected chi connectivity index (χ4v) is 2.16. The molecular formula is C10H12ClF2N3. The second-order valence-electron chi connectivity index (χ2n) is 3.85. The Labute approximate surface area is 97.4 Å². The molecule has 1 atom stereocenters. The maximum atomic E-state index is 12.6. The molecule has 88 valence electrons. The number of aromatic nitrogens is 2. The minimum atomic E-state index is -2.28. The summed E-state index contributed by atoms with van der Waals surface area (Å²) < 4.78 is 25.2. The Bertz CT molecular complexity index is 362. The van der Waals surface area contributed by atoms with E-state index in [9.17, 15) is 8.78 Å². The fourth-order valence-electron chi connectivity index (χ4n) is 1.93. The van der Waals surface area contributed by atoms with Gasteiger partial charge in [0.2, 0.25) is 6.43 Å². The highest BCUT2D eigenvalue weighted by Crippen LogP contribution is 2.28. The lowest BCUT2D eigenvalue weighted by Crippen LogP contribution is -2.38. The third-order valence-electron chi connectivity index (χ3n) is 2.75. The summed E-state index contributed by atoms with van der Waals surface area (Å²) in [7, 11) is 0. The van der Waals surface area contributed by atoms with Crippen molar-refractivity contribution in [3.63, 3.8) is 0 Å². The van der Waals surface area contributed by atoms with Crippen molar-refractivity contribution in [3.05, 3.63) is 17.5 Å². The molecule has 0 aliphatic carbocycles. The van der Waals surface area contributed by atoms with E-state index in [4.69, 9.17) is 11.6 Å². The van der Waals surface area contributed by atoms with E-state index in [1.165, 1.54) is 12.4 Å². The molecule has 0 N–H and O–H groups in total. The molecule has 2 rings (SSSR count). The van der Waals surface area contributed by atoms with Crippen LogP contribution in [0.15, 0.2) is 12.4 Å². The van der Waals surface area contributed by atoms with Crippen LogP contribution in [0.1, 0.15) is 12.8 Å². The summed E-state index contributed by atoms with van der Waals surface area (Å²) in [6.45, 7) is 1.01. The van der Waals surface area contributed by atoms with Gasteiger partial charge in [-0.25, -0.2) is 18.7 Å². The molecule has 0 amide bonds. The first-order valence-electron chi connectivity index (χ1n) is 5.18. The molecular weight excluding hydrogens is 236 g/mol. The van der Waals surface area contributed by atoms with E-state index < -0.39 is 12.3 Å². The van der Waals surface area contributed by atoms with Crippen LogP contribution in [-0.4, -0.2) is 29.5 Å². The van der Waals surface area contributed by atoms with Crippen molar-refractivity contribution < 1.29 is 8.78 Å². The van der Waals surface area contributed by atoms with Crippen LogP contribution in [0, 0.1) is 5.92 Å². The lowest BCUT2D eigenvalue weighted by atomic mass is 9.99. The molecule has 0 unspecified atom stereocenters. The summed E-state index contributed by atoms with van der Waals surface area (Å²) in [6, 6.07) is 0. The van der Waals surface area contributed by atoms with Crippen LogP contribution < -0.4 is 4.90 Å². The first-order chi connectivity index (χ1) is 7.68. The smallest absolute Gasteiger partial charge is 0.243 e. The molecule has 0 spiro atoms. The van der Waals surface area contributed by atoms with Gasteiger partial charge in [0.05, 0.1) is 0 Å². The first-order valence-corrected chi connectivity index (χ1v) is 5.56. The minimum Gasteiger partial charge on any atom is -0.354 e. The molecule has 0 radical (unpaired) electrons. The van der Waals surface area contributed by atoms with Crippen LogP contribution in [0.25, 0.3) is 0 Å². The molecule has 0 saturated carbocycles. The van der Waals surface area contributed by atoms with E-state index in [1.54, 1.807) is 4.90 Å². The standard InChI is InChI=1S/C10H12ClF2N3/c11-8-10(15-4-3-14-8)16-5-1-2-7(6-16)9(12)13/h3-4,7,9H,1-2,5-6H2/t7-/m1/s1. The molecule has 1 aromatic heterocycles. The SMILES string of the molecule is FC(F)[C@@H]1CCCN(c2nccnc2Cl)C1. The Morgan fingerprint density at radius 1 is 1.38 bits per heavy atom. The van der Waals surface area contributed by atoms with Gasteiger partial charge in [-0.2, -0.15) is 0 Å². The monoisotopic (exact) mass is 247 g/mol. The van der Waals surface area contributed by atoms with Crippen molar-refractivity contribution in [1.29, 1.82) is 0 Å². The Hall–Kier alpha value is -0.970. The van der Waals surface area contributed by atoms with E-state index in [0.29, 0.717) is 25.3 Å². The molecule has 1 aliphatic rings. The zero-order valence-electron chi connectivity index (χ0n) is 8.61. The van der Waals surface area contributed by atoms with E-state index in [-0.39, 0.29) is 5.15 Å². The van der Waals surface area contributed by atoms with Crippen LogP contribution in [0.3, 0.4) is 0 Å². The van der Waals surface area contributed by atoms with Crippen molar-refractivity contribution in [2.45, 2.75) is 19.3 Å². The average Bonchev–Trinajstić information content (AvgIpc) is 2.30. The van der Waals surface area contributed by atoms with Crippen LogP contribution in [-0.2, 0) is 0 Å². The highest BCUT2D eigenvalue weighted by Gasteiger charge is 2.28. The van der Waals surface area contributed by atoms with Crippen molar-refractivity contribution in [1.82, 2.24) is 9.97 Å². The zero-order valence-corrected chi connectivity index (χ0v) is 9.37. The van der Waals surface area contributed by atoms with Gasteiger partial charge in [-0.1, -0.05) is 11.6 Å². The van der Waals surface area contributed by atoms with Crippen LogP contribution in [0.5, 0.6) is 0 Å². The predicted octanol–water partition coefficient (Wildman–Crippen LogP) is 2.61. The van der Waals surface area contributed by atoms with Gasteiger partial charge in [0.15, 0.2) is 11.0 Å². The lowest BCUT2D eigenvalue weighted by Gasteiger charge is -2.33. The van der Waals surface area contributed by atoms with Gasteiger partial charge in [-0.05, 0) is 12.8 Å². The predicted molar refractivity (Wildman–Crippen MR) is 58.0 cm³/mol. The molecule has 0 bridgehead atoms. The third kappa shape index (κ3) is 2.40. The van der Waals surface area contributed by atoms with Gasteiger partial charge in [0, 0.05) is 31.4 Å². The van der Waals surface area contributed by atoms with Crippen molar-refractivity contribution in [2.24, 2.45) is 5.92 Å². The van der Waals surface area contributed by atoms with Gasteiger partial charge in [0.25, 0.3) is 0 Å². The Morgan fingerprint density at radius 2 is 2.12 bits per heavy atom. The number of anilines is 1. The van der Waals surface area contributed by atoms with Crippen molar-refractivity contribution >= 4 is 17.4 Å². The third-order valence-corrected chi connectivity index (χ3v) is 3.02. The minimum absolute atomic E-state index is 0.275. The van der Waals surface area contributed by atoms with E-state index in [2.05, 4.69) is 9.97 Å². The number of hydrogen-bond acceptors (Lipinski definition) is 3. The van der Waals surface area contributed by atoms with Gasteiger partial charge in [-0.15, -0.1) is 0 Å². The van der Waals surface area contributed by atoms with Gasteiger partial charge < -0.3 is 4.90 Å². The largest absolute Gasteiger partial charge is 0.354 e. The lowest BCUT2D eigenvalue weighted by molar-refractivity contribution is 0.0685.